The molecular formula is C47H92NO7P. The van der Waals surface area contributed by atoms with Crippen LogP contribution in [0.1, 0.15) is 213 Å². The second kappa shape index (κ2) is 40.7. The summed E-state index contributed by atoms with van der Waals surface area (Å²) < 4.78 is 34.6. The van der Waals surface area contributed by atoms with Crippen molar-refractivity contribution in [1.82, 2.24) is 0 Å². The van der Waals surface area contributed by atoms with Crippen LogP contribution in [-0.2, 0) is 27.9 Å². The van der Waals surface area contributed by atoms with Crippen molar-refractivity contribution in [2.45, 2.75) is 219 Å². The van der Waals surface area contributed by atoms with Gasteiger partial charge in [0.05, 0.1) is 34.4 Å². The van der Waals surface area contributed by atoms with E-state index in [1.807, 2.05) is 21.1 Å². The van der Waals surface area contributed by atoms with Crippen molar-refractivity contribution < 1.29 is 37.3 Å². The van der Waals surface area contributed by atoms with Gasteiger partial charge in [-0.25, -0.2) is 0 Å². The third kappa shape index (κ3) is 44.1. The standard InChI is InChI=1S/C47H92NO7P/c1-6-8-10-12-14-16-18-20-22-24-25-26-28-30-32-34-36-38-40-47(49)55-46(45-54-56(50,51)53-43-41-48(3,4)5)44-52-42-39-37-35-33-31-29-27-23-21-19-17-15-13-11-9-7-2/h21-24,46H,6-20,25-45H2,1-5H3/b23-21-,24-22-. The Bertz CT molecular complexity index is 951. The summed E-state index contributed by atoms with van der Waals surface area (Å²) in [4.78, 5) is 25.1. The van der Waals surface area contributed by atoms with E-state index in [9.17, 15) is 14.3 Å². The maximum Gasteiger partial charge on any atom is 0.306 e. The van der Waals surface area contributed by atoms with Crippen molar-refractivity contribution in [3.05, 3.63) is 24.3 Å². The van der Waals surface area contributed by atoms with Crippen molar-refractivity contribution in [2.24, 2.45) is 0 Å². The fraction of sp³-hybridized carbons (Fsp3) is 0.894. The molecule has 0 N–H and O–H groups in total. The van der Waals surface area contributed by atoms with Crippen LogP contribution in [0.2, 0.25) is 0 Å². The quantitative estimate of drug-likeness (QED) is 0.0199. The number of phosphoric ester groups is 1. The van der Waals surface area contributed by atoms with E-state index >= 15 is 0 Å². The lowest BCUT2D eigenvalue weighted by molar-refractivity contribution is -0.870. The summed E-state index contributed by atoms with van der Waals surface area (Å²) >= 11 is 0. The molecule has 0 bridgehead atoms. The highest BCUT2D eigenvalue weighted by atomic mass is 31.2. The SMILES string of the molecule is CCCCCCCC/C=C\CCCCCCCCOCC(COP(=O)([O-])OCC[N+](C)(C)C)OC(=O)CCCCCCCCC/C=C\CCCCCCCCC. The summed E-state index contributed by atoms with van der Waals surface area (Å²) in [5.74, 6) is -0.339. The molecule has 0 saturated carbocycles. The molecule has 0 aromatic rings. The Labute approximate surface area is 347 Å². The third-order valence-corrected chi connectivity index (χ3v) is 11.2. The molecule has 332 valence electrons. The number of nitrogens with zero attached hydrogens (tertiary/aromatic N) is 1. The Kier molecular flexibility index (Phi) is 40.0. The number of hydrogen-bond donors (Lipinski definition) is 0. The molecule has 0 aliphatic rings. The molecule has 56 heavy (non-hydrogen) atoms. The molecule has 8 nitrogen and oxygen atoms in total. The molecule has 0 aromatic heterocycles. The minimum atomic E-state index is -4.53. The first-order chi connectivity index (χ1) is 27.1. The van der Waals surface area contributed by atoms with Gasteiger partial charge in [-0.05, 0) is 64.2 Å². The average Bonchev–Trinajstić information content (AvgIpc) is 3.15. The van der Waals surface area contributed by atoms with Gasteiger partial charge in [0.2, 0.25) is 0 Å². The van der Waals surface area contributed by atoms with E-state index in [0.717, 1.165) is 32.1 Å². The molecule has 2 unspecified atom stereocenters. The normalized spacial score (nSPS) is 13.9. The van der Waals surface area contributed by atoms with E-state index in [-0.39, 0.29) is 25.8 Å². The van der Waals surface area contributed by atoms with E-state index in [0.29, 0.717) is 24.1 Å². The zero-order valence-electron chi connectivity index (χ0n) is 37.6. The van der Waals surface area contributed by atoms with Gasteiger partial charge < -0.3 is 27.9 Å². The first kappa shape index (κ1) is 55.0. The van der Waals surface area contributed by atoms with Crippen LogP contribution in [0.25, 0.3) is 0 Å². The molecule has 0 amide bonds. The maximum absolute atomic E-state index is 12.7. The highest BCUT2D eigenvalue weighted by Gasteiger charge is 2.20. The van der Waals surface area contributed by atoms with E-state index in [1.54, 1.807) is 0 Å². The summed E-state index contributed by atoms with van der Waals surface area (Å²) in [6.07, 6.45) is 46.1. The Morgan fingerprint density at radius 2 is 0.929 bits per heavy atom. The Morgan fingerprint density at radius 1 is 0.536 bits per heavy atom. The molecule has 0 aliphatic carbocycles. The van der Waals surface area contributed by atoms with Gasteiger partial charge in [0.25, 0.3) is 7.82 Å². The lowest BCUT2D eigenvalue weighted by atomic mass is 10.1. The smallest absolute Gasteiger partial charge is 0.306 e. The van der Waals surface area contributed by atoms with Gasteiger partial charge >= 0.3 is 5.97 Å². The minimum Gasteiger partial charge on any atom is -0.756 e. The lowest BCUT2D eigenvalue weighted by Gasteiger charge is -2.28. The third-order valence-electron chi connectivity index (χ3n) is 10.2. The highest BCUT2D eigenvalue weighted by molar-refractivity contribution is 7.45. The number of carbonyl (C=O) groups is 1. The van der Waals surface area contributed by atoms with Crippen molar-refractivity contribution in [1.29, 1.82) is 0 Å². The molecule has 0 rings (SSSR count). The van der Waals surface area contributed by atoms with Crippen LogP contribution in [0.3, 0.4) is 0 Å². The van der Waals surface area contributed by atoms with Crippen molar-refractivity contribution in [3.8, 4) is 0 Å². The van der Waals surface area contributed by atoms with Crippen molar-refractivity contribution in [2.75, 3.05) is 54.1 Å². The molecule has 0 radical (unpaired) electrons. The molecule has 0 spiro atoms. The first-order valence-corrected chi connectivity index (χ1v) is 25.0. The molecule has 9 heteroatoms. The van der Waals surface area contributed by atoms with Crippen LogP contribution in [0.15, 0.2) is 24.3 Å². The number of allylic oxidation sites excluding steroid dienone is 4. The van der Waals surface area contributed by atoms with Crippen LogP contribution in [0, 0.1) is 0 Å². The summed E-state index contributed by atoms with van der Waals surface area (Å²) in [6, 6.07) is 0. The molecule has 0 aliphatic heterocycles. The zero-order chi connectivity index (χ0) is 41.3. The van der Waals surface area contributed by atoms with Crippen LogP contribution < -0.4 is 4.89 Å². The van der Waals surface area contributed by atoms with Crippen LogP contribution in [0.5, 0.6) is 0 Å². The van der Waals surface area contributed by atoms with E-state index in [1.165, 1.54) is 161 Å². The predicted molar refractivity (Wildman–Crippen MR) is 236 cm³/mol. The topological polar surface area (TPSA) is 94.1 Å². The largest absolute Gasteiger partial charge is 0.756 e. The Morgan fingerprint density at radius 3 is 1.36 bits per heavy atom. The first-order valence-electron chi connectivity index (χ1n) is 23.6. The number of hydrogen-bond acceptors (Lipinski definition) is 7. The van der Waals surface area contributed by atoms with E-state index < -0.39 is 13.9 Å². The summed E-state index contributed by atoms with van der Waals surface area (Å²) in [6.45, 7) is 5.41. The molecule has 0 aromatic carbocycles. The van der Waals surface area contributed by atoms with E-state index in [4.69, 9.17) is 18.5 Å². The number of phosphoric acid groups is 1. The van der Waals surface area contributed by atoms with Gasteiger partial charge in [0, 0.05) is 13.0 Å². The van der Waals surface area contributed by atoms with Crippen molar-refractivity contribution in [3.63, 3.8) is 0 Å². The predicted octanol–water partition coefficient (Wildman–Crippen LogP) is 13.4. The fourth-order valence-corrected chi connectivity index (χ4v) is 7.26. The summed E-state index contributed by atoms with van der Waals surface area (Å²) in [5, 5.41) is 0. The zero-order valence-corrected chi connectivity index (χ0v) is 38.5. The Hall–Kier alpha value is -1.02. The number of ether oxygens (including phenoxy) is 2. The second-order valence-electron chi connectivity index (χ2n) is 17.1. The molecule has 2 atom stereocenters. The summed E-state index contributed by atoms with van der Waals surface area (Å²) in [5.41, 5.74) is 0. The number of unbranched alkanes of at least 4 members (excludes halogenated alkanes) is 26. The number of likely N-dealkylation sites (N-methyl/N-ethyl adjacent to an activating group) is 1. The summed E-state index contributed by atoms with van der Waals surface area (Å²) in [7, 11) is 1.36. The Balaban J connectivity index is 4.20. The molecule has 0 heterocycles. The maximum atomic E-state index is 12.7. The molecule has 0 fully saturated rings. The van der Waals surface area contributed by atoms with E-state index in [2.05, 4.69) is 38.2 Å². The van der Waals surface area contributed by atoms with Gasteiger partial charge in [-0.2, -0.15) is 0 Å². The molecular weight excluding hydrogens is 721 g/mol. The van der Waals surface area contributed by atoms with Gasteiger partial charge in [-0.3, -0.25) is 9.36 Å². The van der Waals surface area contributed by atoms with Gasteiger partial charge in [0.1, 0.15) is 19.3 Å². The van der Waals surface area contributed by atoms with Crippen LogP contribution >= 0.6 is 7.82 Å². The number of esters is 1. The number of carbonyl (C=O) groups excluding carboxylic acids is 1. The second-order valence-corrected chi connectivity index (χ2v) is 18.5. The van der Waals surface area contributed by atoms with Crippen molar-refractivity contribution >= 4 is 13.8 Å². The van der Waals surface area contributed by atoms with Gasteiger partial charge in [-0.1, -0.05) is 167 Å². The van der Waals surface area contributed by atoms with Gasteiger partial charge in [0.15, 0.2) is 0 Å². The minimum absolute atomic E-state index is 0.0254. The monoisotopic (exact) mass is 814 g/mol. The van der Waals surface area contributed by atoms with Gasteiger partial charge in [-0.15, -0.1) is 0 Å². The highest BCUT2D eigenvalue weighted by Crippen LogP contribution is 2.38. The number of quaternary nitrogens is 1. The van der Waals surface area contributed by atoms with Crippen LogP contribution in [0.4, 0.5) is 0 Å². The average molecular weight is 814 g/mol. The fourth-order valence-electron chi connectivity index (χ4n) is 6.54. The lowest BCUT2D eigenvalue weighted by Crippen LogP contribution is -2.37. The molecule has 0 saturated heterocycles. The number of rotatable bonds is 44. The van der Waals surface area contributed by atoms with Crippen LogP contribution in [-0.4, -0.2) is 70.7 Å².